The number of hydrogen-bond donors (Lipinski definition) is 0. The Morgan fingerprint density at radius 3 is 2.78 bits per heavy atom. The third kappa shape index (κ3) is 1.43. The van der Waals surface area contributed by atoms with Crippen LogP contribution >= 0.6 is 0 Å². The molecule has 0 spiro atoms. The minimum absolute atomic E-state index is 0.00649. The topological polar surface area (TPSA) is 64.9 Å². The molecule has 1 aromatic carbocycles. The first-order valence-corrected chi connectivity index (χ1v) is 6.06. The summed E-state index contributed by atoms with van der Waals surface area (Å²) >= 11 is 0. The molecule has 2 aliphatic rings. The molecule has 5 nitrogen and oxygen atoms in total. The van der Waals surface area contributed by atoms with E-state index in [0.717, 1.165) is 5.56 Å². The van der Waals surface area contributed by atoms with E-state index in [1.165, 1.54) is 6.07 Å². The summed E-state index contributed by atoms with van der Waals surface area (Å²) in [6.45, 7) is 6.22. The Hall–Kier alpha value is -1.62. The average molecular weight is 249 g/mol. The van der Waals surface area contributed by atoms with Crippen molar-refractivity contribution in [3.05, 3.63) is 33.9 Å². The van der Waals surface area contributed by atoms with Gasteiger partial charge in [0.1, 0.15) is 23.6 Å². The summed E-state index contributed by atoms with van der Waals surface area (Å²) in [5.74, 6) is 1.02. The number of nitro benzene ring substituents is 1. The first-order chi connectivity index (χ1) is 8.43. The van der Waals surface area contributed by atoms with Gasteiger partial charge in [0, 0.05) is 17.7 Å². The van der Waals surface area contributed by atoms with Crippen LogP contribution in [0.3, 0.4) is 0 Å². The van der Waals surface area contributed by atoms with Crippen LogP contribution in [0.5, 0.6) is 5.75 Å². The maximum Gasteiger partial charge on any atom is 0.270 e. The van der Waals surface area contributed by atoms with Crippen molar-refractivity contribution in [3.8, 4) is 5.75 Å². The Labute approximate surface area is 105 Å². The standard InChI is InChI=1S/C13H15NO4/c1-7(2)13(3)12-11(17-12)9-6-8(14(15)16)4-5-10(9)18-13/h4-7,11-12H,1-3H3/t11-,12-,13+/m0/s1. The number of non-ortho nitro benzene ring substituents is 1. The van der Waals surface area contributed by atoms with E-state index in [1.54, 1.807) is 12.1 Å². The van der Waals surface area contributed by atoms with Crippen molar-refractivity contribution in [2.24, 2.45) is 5.92 Å². The fourth-order valence-electron chi connectivity index (χ4n) is 2.49. The summed E-state index contributed by atoms with van der Waals surface area (Å²) in [5.41, 5.74) is 0.528. The molecule has 18 heavy (non-hydrogen) atoms. The number of fused-ring (bicyclic) bond motifs is 3. The van der Waals surface area contributed by atoms with Crippen LogP contribution in [0.15, 0.2) is 18.2 Å². The molecular weight excluding hydrogens is 234 g/mol. The third-order valence-corrected chi connectivity index (χ3v) is 4.04. The van der Waals surface area contributed by atoms with Gasteiger partial charge in [-0.15, -0.1) is 0 Å². The fraction of sp³-hybridized carbons (Fsp3) is 0.538. The quantitative estimate of drug-likeness (QED) is 0.459. The largest absolute Gasteiger partial charge is 0.484 e. The number of hydrogen-bond acceptors (Lipinski definition) is 4. The summed E-state index contributed by atoms with van der Waals surface area (Å²) in [6.07, 6.45) is -0.0481. The zero-order valence-corrected chi connectivity index (χ0v) is 10.5. The molecule has 1 saturated heterocycles. The van der Waals surface area contributed by atoms with Gasteiger partial charge < -0.3 is 9.47 Å². The van der Waals surface area contributed by atoms with Crippen molar-refractivity contribution < 1.29 is 14.4 Å². The van der Waals surface area contributed by atoms with Crippen molar-refractivity contribution in [2.45, 2.75) is 38.6 Å². The second kappa shape index (κ2) is 3.45. The number of benzene rings is 1. The van der Waals surface area contributed by atoms with E-state index in [2.05, 4.69) is 13.8 Å². The van der Waals surface area contributed by atoms with Gasteiger partial charge >= 0.3 is 0 Å². The first-order valence-electron chi connectivity index (χ1n) is 6.06. The Balaban J connectivity index is 2.03. The molecule has 0 aromatic heterocycles. The lowest BCUT2D eigenvalue weighted by Crippen LogP contribution is -2.46. The highest BCUT2D eigenvalue weighted by atomic mass is 16.6. The minimum atomic E-state index is -0.395. The van der Waals surface area contributed by atoms with Crippen LogP contribution in [-0.2, 0) is 4.74 Å². The van der Waals surface area contributed by atoms with Gasteiger partial charge in [-0.2, -0.15) is 0 Å². The van der Waals surface area contributed by atoms with Gasteiger partial charge in [0.25, 0.3) is 5.69 Å². The van der Waals surface area contributed by atoms with Gasteiger partial charge in [0.2, 0.25) is 0 Å². The van der Waals surface area contributed by atoms with E-state index in [1.807, 2.05) is 6.92 Å². The maximum absolute atomic E-state index is 10.8. The zero-order chi connectivity index (χ0) is 13.1. The van der Waals surface area contributed by atoms with Gasteiger partial charge in [0.15, 0.2) is 0 Å². The van der Waals surface area contributed by atoms with Gasteiger partial charge in [0.05, 0.1) is 4.92 Å². The lowest BCUT2D eigenvalue weighted by Gasteiger charge is -2.36. The third-order valence-electron chi connectivity index (χ3n) is 4.04. The molecule has 1 fully saturated rings. The Morgan fingerprint density at radius 2 is 2.17 bits per heavy atom. The van der Waals surface area contributed by atoms with Crippen LogP contribution in [0, 0.1) is 16.0 Å². The van der Waals surface area contributed by atoms with Crippen LogP contribution in [-0.4, -0.2) is 16.6 Å². The maximum atomic E-state index is 10.8. The number of ether oxygens (including phenoxy) is 2. The smallest absolute Gasteiger partial charge is 0.270 e. The van der Waals surface area contributed by atoms with Crippen molar-refractivity contribution in [1.29, 1.82) is 0 Å². The molecule has 0 unspecified atom stereocenters. The summed E-state index contributed by atoms with van der Waals surface area (Å²) in [4.78, 5) is 10.4. The van der Waals surface area contributed by atoms with Crippen LogP contribution < -0.4 is 4.74 Å². The van der Waals surface area contributed by atoms with Crippen LogP contribution in [0.25, 0.3) is 0 Å². The number of epoxide rings is 1. The minimum Gasteiger partial charge on any atom is -0.484 e. The predicted octanol–water partition coefficient (Wildman–Crippen LogP) is 2.84. The molecule has 2 aliphatic heterocycles. The van der Waals surface area contributed by atoms with Gasteiger partial charge in [-0.05, 0) is 18.9 Å². The average Bonchev–Trinajstić information content (AvgIpc) is 3.09. The second-order valence-corrected chi connectivity index (χ2v) is 5.40. The highest BCUT2D eigenvalue weighted by Gasteiger charge is 2.60. The number of rotatable bonds is 2. The molecule has 1 aromatic rings. The summed E-state index contributed by atoms with van der Waals surface area (Å²) in [6, 6.07) is 4.70. The monoisotopic (exact) mass is 249 g/mol. The van der Waals surface area contributed by atoms with Gasteiger partial charge in [-0.3, -0.25) is 10.1 Å². The summed E-state index contributed by atoms with van der Waals surface area (Å²) < 4.78 is 11.7. The summed E-state index contributed by atoms with van der Waals surface area (Å²) in [5, 5.41) is 10.8. The molecule has 5 heteroatoms. The summed E-state index contributed by atoms with van der Waals surface area (Å²) in [7, 11) is 0. The number of nitrogens with zero attached hydrogens (tertiary/aromatic N) is 1. The highest BCUT2D eigenvalue weighted by molar-refractivity contribution is 5.49. The molecule has 0 amide bonds. The van der Waals surface area contributed by atoms with Crippen molar-refractivity contribution in [1.82, 2.24) is 0 Å². The lowest BCUT2D eigenvalue weighted by molar-refractivity contribution is -0.385. The van der Waals surface area contributed by atoms with E-state index in [4.69, 9.17) is 9.47 Å². The Kier molecular flexibility index (Phi) is 2.20. The molecule has 0 radical (unpaired) electrons. The molecule has 3 rings (SSSR count). The molecular formula is C13H15NO4. The molecule has 0 bridgehead atoms. The first kappa shape index (κ1) is 11.5. The van der Waals surface area contributed by atoms with E-state index >= 15 is 0 Å². The van der Waals surface area contributed by atoms with Crippen LogP contribution in [0.2, 0.25) is 0 Å². The Morgan fingerprint density at radius 1 is 1.44 bits per heavy atom. The van der Waals surface area contributed by atoms with Gasteiger partial charge in [-0.1, -0.05) is 13.8 Å². The fourth-order valence-corrected chi connectivity index (χ4v) is 2.49. The van der Waals surface area contributed by atoms with E-state index in [0.29, 0.717) is 11.7 Å². The number of nitro groups is 1. The molecule has 3 atom stereocenters. The lowest BCUT2D eigenvalue weighted by atomic mass is 9.83. The van der Waals surface area contributed by atoms with Crippen molar-refractivity contribution in [2.75, 3.05) is 0 Å². The molecule has 96 valence electrons. The normalized spacial score (nSPS) is 32.4. The molecule has 0 aliphatic carbocycles. The zero-order valence-electron chi connectivity index (χ0n) is 10.5. The molecule has 2 heterocycles. The molecule has 0 N–H and O–H groups in total. The van der Waals surface area contributed by atoms with Gasteiger partial charge in [-0.25, -0.2) is 0 Å². The molecule has 0 saturated carbocycles. The van der Waals surface area contributed by atoms with Crippen molar-refractivity contribution in [3.63, 3.8) is 0 Å². The SMILES string of the molecule is CC(C)[C@@]1(C)Oc2ccc([N+](=O)[O-])cc2[C@@H]2O[C@@H]21. The van der Waals surface area contributed by atoms with Crippen molar-refractivity contribution >= 4 is 5.69 Å². The van der Waals surface area contributed by atoms with E-state index < -0.39 is 4.92 Å². The van der Waals surface area contributed by atoms with Crippen LogP contribution in [0.1, 0.15) is 32.4 Å². The van der Waals surface area contributed by atoms with E-state index in [9.17, 15) is 10.1 Å². The van der Waals surface area contributed by atoms with E-state index in [-0.39, 0.29) is 23.5 Å². The Bertz CT molecular complexity index is 528. The predicted molar refractivity (Wildman–Crippen MR) is 64.6 cm³/mol. The van der Waals surface area contributed by atoms with Crippen LogP contribution in [0.4, 0.5) is 5.69 Å². The second-order valence-electron chi connectivity index (χ2n) is 5.40. The highest BCUT2D eigenvalue weighted by Crippen LogP contribution is 2.56.